The van der Waals surface area contributed by atoms with Crippen LogP contribution in [0.4, 0.5) is 0 Å². The van der Waals surface area contributed by atoms with Gasteiger partial charge in [0.2, 0.25) is 0 Å². The first-order valence-corrected chi connectivity index (χ1v) is 5.95. The van der Waals surface area contributed by atoms with Gasteiger partial charge in [-0.1, -0.05) is 49.4 Å². The van der Waals surface area contributed by atoms with Gasteiger partial charge in [0.15, 0.2) is 0 Å². The van der Waals surface area contributed by atoms with Gasteiger partial charge in [-0.15, -0.1) is 0 Å². The molecule has 1 aromatic carbocycles. The Morgan fingerprint density at radius 2 is 1.94 bits per heavy atom. The minimum atomic E-state index is 0.346. The molecule has 1 unspecified atom stereocenters. The Morgan fingerprint density at radius 3 is 2.65 bits per heavy atom. The Hall–Kier alpha value is -1.89. The molecular weight excluding hydrogens is 206 g/mol. The first-order valence-electron chi connectivity index (χ1n) is 5.95. The third-order valence-electron chi connectivity index (χ3n) is 2.95. The van der Waals surface area contributed by atoms with Crippen LogP contribution >= 0.6 is 0 Å². The molecular formula is C16H17N. The highest BCUT2D eigenvalue weighted by molar-refractivity contribution is 5.89. The lowest BCUT2D eigenvalue weighted by atomic mass is 9.89. The zero-order chi connectivity index (χ0) is 12.1. The van der Waals surface area contributed by atoms with Gasteiger partial charge in [0.25, 0.3) is 0 Å². The van der Waals surface area contributed by atoms with Gasteiger partial charge in [-0.25, -0.2) is 0 Å². The molecule has 0 radical (unpaired) electrons. The Labute approximate surface area is 103 Å². The molecule has 1 aliphatic heterocycles. The number of benzene rings is 1. The van der Waals surface area contributed by atoms with Crippen molar-refractivity contribution in [2.24, 2.45) is 10.9 Å². The molecule has 1 atom stereocenters. The normalized spacial score (nSPS) is 22.1. The topological polar surface area (TPSA) is 12.4 Å². The number of rotatable bonds is 2. The molecule has 17 heavy (non-hydrogen) atoms. The maximum Gasteiger partial charge on any atom is 0.0475 e. The van der Waals surface area contributed by atoms with Crippen LogP contribution in [-0.2, 0) is 0 Å². The highest BCUT2D eigenvalue weighted by atomic mass is 14.7. The van der Waals surface area contributed by atoms with E-state index in [0.29, 0.717) is 5.92 Å². The van der Waals surface area contributed by atoms with E-state index in [-0.39, 0.29) is 0 Å². The van der Waals surface area contributed by atoms with Crippen molar-refractivity contribution in [1.29, 1.82) is 0 Å². The highest BCUT2D eigenvalue weighted by Gasteiger charge is 2.16. The van der Waals surface area contributed by atoms with Crippen LogP contribution in [-0.4, -0.2) is 6.21 Å². The van der Waals surface area contributed by atoms with Crippen molar-refractivity contribution in [1.82, 2.24) is 0 Å². The summed E-state index contributed by atoms with van der Waals surface area (Å²) in [6.07, 6.45) is 10.1. The quantitative estimate of drug-likeness (QED) is 0.710. The number of dihydropyridines is 1. The van der Waals surface area contributed by atoms with Crippen LogP contribution in [0.3, 0.4) is 0 Å². The number of aliphatic imine (C=N–C) groups is 1. The molecule has 1 aromatic rings. The number of hydrogen-bond acceptors (Lipinski definition) is 1. The van der Waals surface area contributed by atoms with Crippen molar-refractivity contribution in [3.05, 3.63) is 65.9 Å². The summed E-state index contributed by atoms with van der Waals surface area (Å²) >= 11 is 0. The molecule has 0 aliphatic carbocycles. The van der Waals surface area contributed by atoms with Gasteiger partial charge in [0.05, 0.1) is 0 Å². The van der Waals surface area contributed by atoms with Crippen LogP contribution in [0.2, 0.25) is 0 Å². The molecule has 1 heterocycles. The molecule has 1 nitrogen and oxygen atoms in total. The zero-order valence-corrected chi connectivity index (χ0v) is 10.3. The lowest BCUT2D eigenvalue weighted by Gasteiger charge is -2.19. The molecule has 0 amide bonds. The van der Waals surface area contributed by atoms with E-state index in [9.17, 15) is 0 Å². The zero-order valence-electron chi connectivity index (χ0n) is 10.3. The second-order valence-corrected chi connectivity index (χ2v) is 4.11. The van der Waals surface area contributed by atoms with Crippen LogP contribution in [0.5, 0.6) is 0 Å². The van der Waals surface area contributed by atoms with E-state index in [1.807, 2.05) is 31.4 Å². The van der Waals surface area contributed by atoms with E-state index < -0.39 is 0 Å². The third kappa shape index (κ3) is 2.62. The van der Waals surface area contributed by atoms with Crippen molar-refractivity contribution in [3.8, 4) is 0 Å². The van der Waals surface area contributed by atoms with Gasteiger partial charge in [0.1, 0.15) is 0 Å². The predicted octanol–water partition coefficient (Wildman–Crippen LogP) is 4.25. The predicted molar refractivity (Wildman–Crippen MR) is 75.0 cm³/mol. The van der Waals surface area contributed by atoms with Gasteiger partial charge in [-0.05, 0) is 30.2 Å². The number of allylic oxidation sites excluding steroid dienone is 5. The van der Waals surface area contributed by atoms with E-state index in [2.05, 4.69) is 48.3 Å². The van der Waals surface area contributed by atoms with Gasteiger partial charge >= 0.3 is 0 Å². The van der Waals surface area contributed by atoms with Gasteiger partial charge in [-0.3, -0.25) is 4.99 Å². The summed E-state index contributed by atoms with van der Waals surface area (Å²) < 4.78 is 0. The fourth-order valence-electron chi connectivity index (χ4n) is 1.98. The maximum atomic E-state index is 4.43. The summed E-state index contributed by atoms with van der Waals surface area (Å²) in [4.78, 5) is 4.43. The minimum absolute atomic E-state index is 0.346. The van der Waals surface area contributed by atoms with E-state index in [0.717, 1.165) is 5.70 Å². The Bertz CT molecular complexity index is 490. The number of nitrogens with zero attached hydrogens (tertiary/aromatic N) is 1. The molecule has 1 heteroatoms. The largest absolute Gasteiger partial charge is 0.261 e. The summed E-state index contributed by atoms with van der Waals surface area (Å²) in [6, 6.07) is 10.5. The molecule has 1 aliphatic rings. The van der Waals surface area contributed by atoms with Crippen LogP contribution in [0.1, 0.15) is 19.4 Å². The van der Waals surface area contributed by atoms with Gasteiger partial charge < -0.3 is 0 Å². The van der Waals surface area contributed by atoms with E-state index >= 15 is 0 Å². The van der Waals surface area contributed by atoms with Crippen molar-refractivity contribution >= 4 is 11.8 Å². The van der Waals surface area contributed by atoms with Gasteiger partial charge in [-0.2, -0.15) is 0 Å². The van der Waals surface area contributed by atoms with Crippen LogP contribution < -0.4 is 0 Å². The van der Waals surface area contributed by atoms with Gasteiger partial charge in [0, 0.05) is 17.8 Å². The standard InChI is InChI=1S/C16H17N/c1-3-4-10-16-13(2)15(11-12-17-16)14-8-6-5-7-9-14/h3-13H,1-2H3/b4-3-,16-10+. The molecule has 0 saturated carbocycles. The number of hydrogen-bond donors (Lipinski definition) is 0. The third-order valence-corrected chi connectivity index (χ3v) is 2.95. The van der Waals surface area contributed by atoms with E-state index in [4.69, 9.17) is 0 Å². The molecule has 86 valence electrons. The van der Waals surface area contributed by atoms with Crippen molar-refractivity contribution in [2.75, 3.05) is 0 Å². The smallest absolute Gasteiger partial charge is 0.0475 e. The fraction of sp³-hybridized carbons (Fsp3) is 0.188. The van der Waals surface area contributed by atoms with Crippen molar-refractivity contribution in [2.45, 2.75) is 13.8 Å². The summed E-state index contributed by atoms with van der Waals surface area (Å²) in [6.45, 7) is 4.22. The molecule has 0 N–H and O–H groups in total. The van der Waals surface area contributed by atoms with E-state index in [1.54, 1.807) is 0 Å². The van der Waals surface area contributed by atoms with Crippen LogP contribution in [0, 0.1) is 5.92 Å². The molecule has 0 bridgehead atoms. The fourth-order valence-corrected chi connectivity index (χ4v) is 1.98. The summed E-state index contributed by atoms with van der Waals surface area (Å²) in [5.41, 5.74) is 3.72. The second kappa shape index (κ2) is 5.44. The monoisotopic (exact) mass is 223 g/mol. The molecule has 0 spiro atoms. The Kier molecular flexibility index (Phi) is 3.71. The maximum absolute atomic E-state index is 4.43. The van der Waals surface area contributed by atoms with Crippen LogP contribution in [0.25, 0.3) is 5.57 Å². The van der Waals surface area contributed by atoms with Crippen LogP contribution in [0.15, 0.2) is 65.3 Å². The average Bonchev–Trinajstić information content (AvgIpc) is 2.39. The highest BCUT2D eigenvalue weighted by Crippen LogP contribution is 2.31. The Balaban J connectivity index is 2.32. The average molecular weight is 223 g/mol. The first-order chi connectivity index (χ1) is 8.33. The molecule has 0 fully saturated rings. The van der Waals surface area contributed by atoms with Crippen molar-refractivity contribution in [3.63, 3.8) is 0 Å². The minimum Gasteiger partial charge on any atom is -0.261 e. The summed E-state index contributed by atoms with van der Waals surface area (Å²) in [5.74, 6) is 0.346. The van der Waals surface area contributed by atoms with E-state index in [1.165, 1.54) is 11.1 Å². The molecule has 0 saturated heterocycles. The summed E-state index contributed by atoms with van der Waals surface area (Å²) in [7, 11) is 0. The summed E-state index contributed by atoms with van der Waals surface area (Å²) in [5, 5.41) is 0. The Morgan fingerprint density at radius 1 is 1.18 bits per heavy atom. The lowest BCUT2D eigenvalue weighted by Crippen LogP contribution is -2.05. The van der Waals surface area contributed by atoms with Crippen molar-refractivity contribution < 1.29 is 0 Å². The first kappa shape index (κ1) is 11.6. The SMILES string of the molecule is C/C=C\C=C1\N=CC=C(c2ccccc2)C1C. The lowest BCUT2D eigenvalue weighted by molar-refractivity contribution is 0.865. The molecule has 2 rings (SSSR count). The molecule has 0 aromatic heterocycles. The second-order valence-electron chi connectivity index (χ2n) is 4.11.